The van der Waals surface area contributed by atoms with Gasteiger partial charge < -0.3 is 4.74 Å². The van der Waals surface area contributed by atoms with E-state index in [2.05, 4.69) is 4.74 Å². The molecule has 0 radical (unpaired) electrons. The van der Waals surface area contributed by atoms with Crippen molar-refractivity contribution in [1.29, 1.82) is 0 Å². The van der Waals surface area contributed by atoms with Gasteiger partial charge in [-0.05, 0) is 20.8 Å². The zero-order chi connectivity index (χ0) is 15.8. The molecule has 0 atom stereocenters. The molecule has 114 valence electrons. The summed E-state index contributed by atoms with van der Waals surface area (Å²) in [6, 6.07) is 0. The molecule has 1 aromatic carbocycles. The average Bonchev–Trinajstić information content (AvgIpc) is 2.32. The molecule has 20 heavy (non-hydrogen) atoms. The Bertz CT molecular complexity index is 626. The molecular weight excluding hydrogens is 307 g/mol. The van der Waals surface area contributed by atoms with Gasteiger partial charge in [0, 0.05) is 5.56 Å². The molecule has 0 aliphatic carbocycles. The molecule has 0 saturated carbocycles. The van der Waals surface area contributed by atoms with Crippen LogP contribution in [-0.4, -0.2) is 20.3 Å². The summed E-state index contributed by atoms with van der Waals surface area (Å²) in [5, 5.41) is -1.23. The van der Waals surface area contributed by atoms with Crippen molar-refractivity contribution in [2.24, 2.45) is 0 Å². The van der Waals surface area contributed by atoms with Crippen LogP contribution in [0.5, 0.6) is 5.75 Å². The van der Waals surface area contributed by atoms with Crippen molar-refractivity contribution in [2.75, 3.05) is 0 Å². The van der Waals surface area contributed by atoms with Gasteiger partial charge in [0.2, 0.25) is 0 Å². The maximum absolute atomic E-state index is 13.7. The molecule has 0 amide bonds. The Labute approximate surface area is 112 Å². The monoisotopic (exact) mass is 318 g/mol. The Kier molecular flexibility index (Phi) is 4.62. The first-order valence-corrected chi connectivity index (χ1v) is 6.92. The summed E-state index contributed by atoms with van der Waals surface area (Å²) in [5.74, 6) is -7.12. The number of sulfone groups is 1. The SMILES string of the molecule is Cc1c(F)c(F)c(F)c(S(=O)(=O)C(C)C)c1OC(F)F. The van der Waals surface area contributed by atoms with Crippen LogP contribution in [0.2, 0.25) is 0 Å². The first kappa shape index (κ1) is 16.7. The van der Waals surface area contributed by atoms with Gasteiger partial charge in [0.25, 0.3) is 0 Å². The molecule has 1 aromatic rings. The van der Waals surface area contributed by atoms with Gasteiger partial charge in [-0.1, -0.05) is 0 Å². The van der Waals surface area contributed by atoms with Crippen molar-refractivity contribution in [3.63, 3.8) is 0 Å². The second-order valence-electron chi connectivity index (χ2n) is 4.20. The molecule has 0 unspecified atom stereocenters. The maximum atomic E-state index is 13.7. The van der Waals surface area contributed by atoms with Crippen LogP contribution in [0.1, 0.15) is 19.4 Å². The third-order valence-corrected chi connectivity index (χ3v) is 4.75. The highest BCUT2D eigenvalue weighted by molar-refractivity contribution is 7.92. The van der Waals surface area contributed by atoms with Crippen molar-refractivity contribution in [3.8, 4) is 5.75 Å². The van der Waals surface area contributed by atoms with Gasteiger partial charge in [-0.15, -0.1) is 0 Å². The Morgan fingerprint density at radius 2 is 1.50 bits per heavy atom. The van der Waals surface area contributed by atoms with Crippen molar-refractivity contribution in [3.05, 3.63) is 23.0 Å². The fourth-order valence-corrected chi connectivity index (χ4v) is 2.72. The largest absolute Gasteiger partial charge is 0.433 e. The topological polar surface area (TPSA) is 43.4 Å². The van der Waals surface area contributed by atoms with E-state index in [0.717, 1.165) is 20.8 Å². The molecule has 3 nitrogen and oxygen atoms in total. The molecule has 0 heterocycles. The smallest absolute Gasteiger partial charge is 0.387 e. The van der Waals surface area contributed by atoms with Crippen LogP contribution in [0.4, 0.5) is 22.0 Å². The van der Waals surface area contributed by atoms with Crippen molar-refractivity contribution in [1.82, 2.24) is 0 Å². The third-order valence-electron chi connectivity index (χ3n) is 2.57. The Hall–Kier alpha value is -1.38. The molecule has 1 rings (SSSR count). The number of alkyl halides is 2. The van der Waals surface area contributed by atoms with Gasteiger partial charge in [0.05, 0.1) is 5.25 Å². The average molecular weight is 318 g/mol. The van der Waals surface area contributed by atoms with Crippen LogP contribution in [0, 0.1) is 24.4 Å². The minimum atomic E-state index is -4.49. The number of halogens is 5. The number of ether oxygens (including phenoxy) is 1. The van der Waals surface area contributed by atoms with Gasteiger partial charge in [0.1, 0.15) is 4.90 Å². The fraction of sp³-hybridized carbons (Fsp3) is 0.455. The van der Waals surface area contributed by atoms with E-state index in [4.69, 9.17) is 0 Å². The minimum absolute atomic E-state index is 0.814. The summed E-state index contributed by atoms with van der Waals surface area (Å²) in [6.07, 6.45) is 0. The molecule has 0 aliphatic heterocycles. The van der Waals surface area contributed by atoms with E-state index in [0.29, 0.717) is 0 Å². The van der Waals surface area contributed by atoms with Crippen LogP contribution in [0.3, 0.4) is 0 Å². The predicted molar refractivity (Wildman–Crippen MR) is 60.0 cm³/mol. The lowest BCUT2D eigenvalue weighted by Crippen LogP contribution is -2.20. The molecule has 0 aliphatic rings. The van der Waals surface area contributed by atoms with Gasteiger partial charge >= 0.3 is 6.61 Å². The Morgan fingerprint density at radius 1 is 1.00 bits per heavy atom. The highest BCUT2D eigenvalue weighted by Gasteiger charge is 2.35. The number of benzene rings is 1. The number of rotatable bonds is 4. The van der Waals surface area contributed by atoms with Gasteiger partial charge in [-0.2, -0.15) is 8.78 Å². The first-order valence-electron chi connectivity index (χ1n) is 5.37. The van der Waals surface area contributed by atoms with Crippen LogP contribution < -0.4 is 4.74 Å². The van der Waals surface area contributed by atoms with E-state index < -0.39 is 55.4 Å². The van der Waals surface area contributed by atoms with Crippen molar-refractivity contribution in [2.45, 2.75) is 37.5 Å². The summed E-state index contributed by atoms with van der Waals surface area (Å²) in [6.45, 7) is -0.427. The minimum Gasteiger partial charge on any atom is -0.433 e. The molecule has 0 bridgehead atoms. The Morgan fingerprint density at radius 3 is 1.90 bits per heavy atom. The standard InChI is InChI=1S/C11H11F5O3S/c1-4(2)20(17,18)10-8(14)7(13)6(12)5(3)9(10)19-11(15)16/h4,11H,1-3H3. The molecule has 0 N–H and O–H groups in total. The maximum Gasteiger partial charge on any atom is 0.387 e. The highest BCUT2D eigenvalue weighted by Crippen LogP contribution is 2.37. The van der Waals surface area contributed by atoms with Gasteiger partial charge in [-0.3, -0.25) is 0 Å². The van der Waals surface area contributed by atoms with Crippen LogP contribution in [0.25, 0.3) is 0 Å². The summed E-state index contributed by atoms with van der Waals surface area (Å²) in [7, 11) is -4.49. The van der Waals surface area contributed by atoms with E-state index in [-0.39, 0.29) is 0 Å². The van der Waals surface area contributed by atoms with E-state index in [9.17, 15) is 30.4 Å². The second kappa shape index (κ2) is 5.55. The number of hydrogen-bond acceptors (Lipinski definition) is 3. The summed E-state index contributed by atoms with van der Waals surface area (Å²) >= 11 is 0. The van der Waals surface area contributed by atoms with Crippen LogP contribution >= 0.6 is 0 Å². The normalized spacial score (nSPS) is 12.3. The van der Waals surface area contributed by atoms with Gasteiger partial charge in [0.15, 0.2) is 33.0 Å². The Balaban J connectivity index is 3.81. The lowest BCUT2D eigenvalue weighted by atomic mass is 10.2. The zero-order valence-corrected chi connectivity index (χ0v) is 11.5. The van der Waals surface area contributed by atoms with E-state index in [1.807, 2.05) is 0 Å². The van der Waals surface area contributed by atoms with E-state index >= 15 is 0 Å². The first-order chi connectivity index (χ1) is 9.01. The summed E-state index contributed by atoms with van der Waals surface area (Å²) in [5.41, 5.74) is -0.844. The second-order valence-corrected chi connectivity index (χ2v) is 6.64. The molecule has 0 fully saturated rings. The van der Waals surface area contributed by atoms with Crippen molar-refractivity contribution >= 4 is 9.84 Å². The molecular formula is C11H11F5O3S. The molecule has 0 aromatic heterocycles. The lowest BCUT2D eigenvalue weighted by Gasteiger charge is -2.17. The summed E-state index contributed by atoms with van der Waals surface area (Å²) in [4.78, 5) is -1.40. The van der Waals surface area contributed by atoms with Crippen LogP contribution in [-0.2, 0) is 9.84 Å². The molecule has 9 heteroatoms. The zero-order valence-electron chi connectivity index (χ0n) is 10.7. The quantitative estimate of drug-likeness (QED) is 0.486. The predicted octanol–water partition coefficient (Wildman–Crippen LogP) is 3.20. The lowest BCUT2D eigenvalue weighted by molar-refractivity contribution is -0.0528. The summed E-state index contributed by atoms with van der Waals surface area (Å²) < 4.78 is 92.6. The molecule has 0 saturated heterocycles. The van der Waals surface area contributed by atoms with E-state index in [1.165, 1.54) is 0 Å². The third kappa shape index (κ3) is 2.72. The fourth-order valence-electron chi connectivity index (χ4n) is 1.45. The molecule has 0 spiro atoms. The van der Waals surface area contributed by atoms with Crippen molar-refractivity contribution < 1.29 is 35.1 Å². The van der Waals surface area contributed by atoms with E-state index in [1.54, 1.807) is 0 Å². The van der Waals surface area contributed by atoms with Gasteiger partial charge in [-0.25, -0.2) is 21.6 Å². The number of hydrogen-bond donors (Lipinski definition) is 0. The van der Waals surface area contributed by atoms with Crippen LogP contribution in [0.15, 0.2) is 4.90 Å². The highest BCUT2D eigenvalue weighted by atomic mass is 32.2.